The fourth-order valence-electron chi connectivity index (χ4n) is 1.84. The van der Waals surface area contributed by atoms with Crippen LogP contribution in [0.25, 0.3) is 0 Å². The van der Waals surface area contributed by atoms with Gasteiger partial charge in [0.05, 0.1) is 7.11 Å². The molecule has 1 fully saturated rings. The van der Waals surface area contributed by atoms with Crippen LogP contribution in [0.2, 0.25) is 0 Å². The van der Waals surface area contributed by atoms with Gasteiger partial charge in [-0.3, -0.25) is 0 Å². The summed E-state index contributed by atoms with van der Waals surface area (Å²) in [6.45, 7) is 0.805. The highest BCUT2D eigenvalue weighted by Gasteiger charge is 2.20. The first-order valence-electron chi connectivity index (χ1n) is 6.70. The van der Waals surface area contributed by atoms with Gasteiger partial charge in [-0.1, -0.05) is 12.1 Å². The summed E-state index contributed by atoms with van der Waals surface area (Å²) in [5.74, 6) is 1.27. The van der Waals surface area contributed by atoms with Gasteiger partial charge in [0, 0.05) is 30.5 Å². The largest absolute Gasteiger partial charge is 0.493 e. The van der Waals surface area contributed by atoms with E-state index < -0.39 is 0 Å². The zero-order chi connectivity index (χ0) is 13.8. The molecule has 2 aromatic rings. The Bertz CT molecular complexity index is 568. The average molecular weight is 271 g/mol. The van der Waals surface area contributed by atoms with Crippen molar-refractivity contribution in [3.63, 3.8) is 0 Å². The van der Waals surface area contributed by atoms with Gasteiger partial charge in [-0.2, -0.15) is 0 Å². The van der Waals surface area contributed by atoms with Gasteiger partial charge in [0.1, 0.15) is 0 Å². The van der Waals surface area contributed by atoms with E-state index in [-0.39, 0.29) is 0 Å². The highest BCUT2D eigenvalue weighted by molar-refractivity contribution is 5.40. The molecule has 5 nitrogen and oxygen atoms in total. The number of ether oxygens (including phenoxy) is 2. The van der Waals surface area contributed by atoms with Crippen LogP contribution in [0.5, 0.6) is 17.5 Å². The fraction of sp³-hybridized carbons (Fsp3) is 0.333. The summed E-state index contributed by atoms with van der Waals surface area (Å²) in [4.78, 5) is 8.44. The molecule has 0 bridgehead atoms. The number of para-hydroxylation sites is 2. The molecule has 20 heavy (non-hydrogen) atoms. The van der Waals surface area contributed by atoms with Crippen LogP contribution in [-0.2, 0) is 6.54 Å². The van der Waals surface area contributed by atoms with E-state index in [1.807, 2.05) is 24.3 Å². The molecule has 1 aromatic carbocycles. The minimum Gasteiger partial charge on any atom is -0.493 e. The highest BCUT2D eigenvalue weighted by Crippen LogP contribution is 2.29. The van der Waals surface area contributed by atoms with Crippen molar-refractivity contribution in [2.24, 2.45) is 0 Å². The third-order valence-electron chi connectivity index (χ3n) is 3.12. The molecule has 0 unspecified atom stereocenters. The number of benzene rings is 1. The van der Waals surface area contributed by atoms with Crippen LogP contribution < -0.4 is 14.8 Å². The van der Waals surface area contributed by atoms with Crippen LogP contribution in [0.3, 0.4) is 0 Å². The Balaban J connectivity index is 1.64. The first-order valence-corrected chi connectivity index (χ1v) is 6.70. The van der Waals surface area contributed by atoms with Gasteiger partial charge in [-0.15, -0.1) is 0 Å². The topological polar surface area (TPSA) is 56.3 Å². The van der Waals surface area contributed by atoms with Gasteiger partial charge in [0.25, 0.3) is 0 Å². The van der Waals surface area contributed by atoms with E-state index in [4.69, 9.17) is 9.47 Å². The van der Waals surface area contributed by atoms with Gasteiger partial charge < -0.3 is 14.8 Å². The molecule has 1 aliphatic carbocycles. The molecule has 1 aromatic heterocycles. The van der Waals surface area contributed by atoms with Gasteiger partial charge >= 0.3 is 6.01 Å². The van der Waals surface area contributed by atoms with Gasteiger partial charge in [-0.25, -0.2) is 9.97 Å². The van der Waals surface area contributed by atoms with Gasteiger partial charge in [0.15, 0.2) is 11.5 Å². The van der Waals surface area contributed by atoms with Crippen molar-refractivity contribution in [2.75, 3.05) is 7.11 Å². The summed E-state index contributed by atoms with van der Waals surface area (Å²) in [6, 6.07) is 8.43. The predicted molar refractivity (Wildman–Crippen MR) is 75.0 cm³/mol. The maximum Gasteiger partial charge on any atom is 0.322 e. The van der Waals surface area contributed by atoms with Crippen LogP contribution in [0.15, 0.2) is 36.7 Å². The van der Waals surface area contributed by atoms with Crippen LogP contribution in [-0.4, -0.2) is 23.1 Å². The fourth-order valence-corrected chi connectivity index (χ4v) is 1.84. The van der Waals surface area contributed by atoms with E-state index >= 15 is 0 Å². The summed E-state index contributed by atoms with van der Waals surface area (Å²) in [6.07, 6.45) is 6.12. The molecule has 0 atom stereocenters. The second-order valence-electron chi connectivity index (χ2n) is 4.78. The van der Waals surface area contributed by atoms with E-state index in [0.717, 1.165) is 12.1 Å². The predicted octanol–water partition coefficient (Wildman–Crippen LogP) is 2.53. The Labute approximate surface area is 118 Å². The van der Waals surface area contributed by atoms with Gasteiger partial charge in [-0.05, 0) is 25.0 Å². The molecule has 3 rings (SSSR count). The molecule has 1 heterocycles. The Morgan fingerprint density at radius 1 is 1.15 bits per heavy atom. The number of nitrogens with one attached hydrogen (secondary N) is 1. The molecule has 0 radical (unpaired) electrons. The SMILES string of the molecule is COc1ccccc1Oc1ncc(CNC2CC2)cn1. The molecule has 104 valence electrons. The molecule has 0 amide bonds. The zero-order valence-electron chi connectivity index (χ0n) is 11.4. The minimum absolute atomic E-state index is 0.324. The van der Waals surface area contributed by atoms with Crippen molar-refractivity contribution in [1.29, 1.82) is 0 Å². The van der Waals surface area contributed by atoms with Crippen molar-refractivity contribution in [3.8, 4) is 17.5 Å². The summed E-state index contributed by atoms with van der Waals surface area (Å²) in [5.41, 5.74) is 1.06. The number of hydrogen-bond acceptors (Lipinski definition) is 5. The molecule has 5 heteroatoms. The Morgan fingerprint density at radius 2 is 1.85 bits per heavy atom. The van der Waals surface area contributed by atoms with Crippen LogP contribution in [0.4, 0.5) is 0 Å². The lowest BCUT2D eigenvalue weighted by Crippen LogP contribution is -2.15. The number of methoxy groups -OCH3 is 1. The summed E-state index contributed by atoms with van der Waals surface area (Å²) >= 11 is 0. The number of rotatable bonds is 6. The minimum atomic E-state index is 0.324. The van der Waals surface area contributed by atoms with E-state index in [1.54, 1.807) is 19.5 Å². The lowest BCUT2D eigenvalue weighted by molar-refractivity contribution is 0.367. The molecule has 0 saturated heterocycles. The first kappa shape index (κ1) is 12.9. The molecule has 1 saturated carbocycles. The van der Waals surface area contributed by atoms with Crippen molar-refractivity contribution >= 4 is 0 Å². The molecule has 1 N–H and O–H groups in total. The Hall–Kier alpha value is -2.14. The third kappa shape index (κ3) is 3.24. The lowest BCUT2D eigenvalue weighted by atomic mass is 10.3. The van der Waals surface area contributed by atoms with Crippen molar-refractivity contribution < 1.29 is 9.47 Å². The monoisotopic (exact) mass is 271 g/mol. The van der Waals surface area contributed by atoms with Gasteiger partial charge in [0.2, 0.25) is 0 Å². The highest BCUT2D eigenvalue weighted by atomic mass is 16.5. The molecule has 1 aliphatic rings. The molecular weight excluding hydrogens is 254 g/mol. The quantitative estimate of drug-likeness (QED) is 0.875. The van der Waals surface area contributed by atoms with Crippen LogP contribution in [0.1, 0.15) is 18.4 Å². The molecular formula is C15H17N3O2. The second kappa shape index (κ2) is 5.88. The number of aromatic nitrogens is 2. The smallest absolute Gasteiger partial charge is 0.322 e. The maximum atomic E-state index is 5.63. The van der Waals surface area contributed by atoms with Crippen LogP contribution >= 0.6 is 0 Å². The first-order chi connectivity index (χ1) is 9.85. The average Bonchev–Trinajstić information content (AvgIpc) is 3.31. The normalized spacial score (nSPS) is 14.1. The van der Waals surface area contributed by atoms with E-state index in [1.165, 1.54) is 12.8 Å². The van der Waals surface area contributed by atoms with Crippen LogP contribution in [0, 0.1) is 0 Å². The van der Waals surface area contributed by atoms with E-state index in [0.29, 0.717) is 23.6 Å². The standard InChI is InChI=1S/C15H17N3O2/c1-19-13-4-2-3-5-14(13)20-15-17-9-11(10-18-15)8-16-12-6-7-12/h2-5,9-10,12,16H,6-8H2,1H3. The second-order valence-corrected chi connectivity index (χ2v) is 4.78. The number of hydrogen-bond donors (Lipinski definition) is 1. The van der Waals surface area contributed by atoms with Crippen molar-refractivity contribution in [3.05, 3.63) is 42.2 Å². The molecule has 0 spiro atoms. The summed E-state index contributed by atoms with van der Waals surface area (Å²) in [7, 11) is 1.61. The Kier molecular flexibility index (Phi) is 3.78. The Morgan fingerprint density at radius 3 is 2.50 bits per heavy atom. The lowest BCUT2D eigenvalue weighted by Gasteiger charge is -2.08. The van der Waals surface area contributed by atoms with Crippen molar-refractivity contribution in [1.82, 2.24) is 15.3 Å². The summed E-state index contributed by atoms with van der Waals surface area (Å²) < 4.78 is 10.8. The third-order valence-corrected chi connectivity index (χ3v) is 3.12. The molecule has 0 aliphatic heterocycles. The van der Waals surface area contributed by atoms with E-state index in [2.05, 4.69) is 15.3 Å². The summed E-state index contributed by atoms with van der Waals surface area (Å²) in [5, 5.41) is 3.42. The van der Waals surface area contributed by atoms with Crippen molar-refractivity contribution in [2.45, 2.75) is 25.4 Å². The zero-order valence-corrected chi connectivity index (χ0v) is 11.4. The number of nitrogens with zero attached hydrogens (tertiary/aromatic N) is 2. The maximum absolute atomic E-state index is 5.63. The van der Waals surface area contributed by atoms with E-state index in [9.17, 15) is 0 Å².